The van der Waals surface area contributed by atoms with E-state index in [2.05, 4.69) is 51.8 Å². The highest BCUT2D eigenvalue weighted by atomic mass is 79.9. The lowest BCUT2D eigenvalue weighted by Gasteiger charge is -2.16. The minimum atomic E-state index is 0.362. The number of alkyl halides is 1. The molecule has 0 aliphatic carbocycles. The van der Waals surface area contributed by atoms with Crippen molar-refractivity contribution in [3.8, 4) is 11.5 Å². The predicted octanol–water partition coefficient (Wildman–Crippen LogP) is 7.22. The molecule has 4 heteroatoms. The fourth-order valence-electron chi connectivity index (χ4n) is 2.09. The van der Waals surface area contributed by atoms with Crippen LogP contribution in [0.15, 0.2) is 34.8 Å². The smallest absolute Gasteiger partial charge is 0.131 e. The number of halogens is 3. The fraction of sp³-hybridized carbons (Fsp3) is 0.294. The molecule has 0 bridgehead atoms. The summed E-state index contributed by atoms with van der Waals surface area (Å²) in [6.07, 6.45) is 0. The molecule has 2 rings (SSSR count). The summed E-state index contributed by atoms with van der Waals surface area (Å²) in [4.78, 5) is 0. The van der Waals surface area contributed by atoms with Crippen LogP contribution in [0.4, 0.5) is 0 Å². The Morgan fingerprint density at radius 2 is 1.86 bits per heavy atom. The molecule has 0 aromatic heterocycles. The SMILES string of the molecule is Cc1cc(Cl)c(C(C)C)cc1Oc1ccc(Br)cc1CBr. The molecule has 112 valence electrons. The van der Waals surface area contributed by atoms with Gasteiger partial charge in [0, 0.05) is 20.4 Å². The molecule has 0 aliphatic rings. The Morgan fingerprint density at radius 1 is 1.14 bits per heavy atom. The molecule has 0 fully saturated rings. The maximum atomic E-state index is 6.31. The van der Waals surface area contributed by atoms with Gasteiger partial charge in [0.25, 0.3) is 0 Å². The van der Waals surface area contributed by atoms with Crippen LogP contribution in [0.5, 0.6) is 11.5 Å². The summed E-state index contributed by atoms with van der Waals surface area (Å²) >= 11 is 13.3. The Labute approximate surface area is 147 Å². The van der Waals surface area contributed by atoms with Crippen molar-refractivity contribution in [2.45, 2.75) is 32.0 Å². The van der Waals surface area contributed by atoms with Gasteiger partial charge in [-0.1, -0.05) is 57.3 Å². The monoisotopic (exact) mass is 430 g/mol. The van der Waals surface area contributed by atoms with Crippen LogP contribution in [-0.2, 0) is 5.33 Å². The number of hydrogen-bond donors (Lipinski definition) is 0. The molecule has 0 saturated heterocycles. The first kappa shape index (κ1) is 16.9. The van der Waals surface area contributed by atoms with Gasteiger partial charge in [0.05, 0.1) is 0 Å². The van der Waals surface area contributed by atoms with Gasteiger partial charge < -0.3 is 4.74 Å². The number of aryl methyl sites for hydroxylation is 1. The van der Waals surface area contributed by atoms with Gasteiger partial charge in [-0.15, -0.1) is 0 Å². The van der Waals surface area contributed by atoms with Crippen molar-refractivity contribution in [1.29, 1.82) is 0 Å². The van der Waals surface area contributed by atoms with Crippen molar-refractivity contribution in [2.75, 3.05) is 0 Å². The van der Waals surface area contributed by atoms with Crippen LogP contribution in [-0.4, -0.2) is 0 Å². The van der Waals surface area contributed by atoms with E-state index >= 15 is 0 Å². The second-order valence-electron chi connectivity index (χ2n) is 5.28. The van der Waals surface area contributed by atoms with Crippen LogP contribution in [0.1, 0.15) is 36.5 Å². The predicted molar refractivity (Wildman–Crippen MR) is 97.1 cm³/mol. The van der Waals surface area contributed by atoms with Crippen molar-refractivity contribution in [2.24, 2.45) is 0 Å². The Bertz CT molecular complexity index is 653. The molecule has 0 aliphatic heterocycles. The molecule has 0 N–H and O–H groups in total. The summed E-state index contributed by atoms with van der Waals surface area (Å²) in [5.74, 6) is 2.07. The Morgan fingerprint density at radius 3 is 2.48 bits per heavy atom. The van der Waals surface area contributed by atoms with E-state index in [-0.39, 0.29) is 0 Å². The van der Waals surface area contributed by atoms with Crippen molar-refractivity contribution in [3.05, 3.63) is 56.5 Å². The lowest BCUT2D eigenvalue weighted by Crippen LogP contribution is -1.96. The maximum Gasteiger partial charge on any atom is 0.131 e. The van der Waals surface area contributed by atoms with Gasteiger partial charge in [0.2, 0.25) is 0 Å². The van der Waals surface area contributed by atoms with Crippen LogP contribution < -0.4 is 4.74 Å². The largest absolute Gasteiger partial charge is 0.457 e. The topological polar surface area (TPSA) is 9.23 Å². The molecule has 0 unspecified atom stereocenters. The third-order valence-corrected chi connectivity index (χ3v) is 4.73. The summed E-state index contributed by atoms with van der Waals surface area (Å²) in [5.41, 5.74) is 3.24. The van der Waals surface area contributed by atoms with E-state index in [0.717, 1.165) is 43.0 Å². The molecule has 1 nitrogen and oxygen atoms in total. The van der Waals surface area contributed by atoms with Gasteiger partial charge in [0.15, 0.2) is 0 Å². The van der Waals surface area contributed by atoms with Gasteiger partial charge in [0.1, 0.15) is 11.5 Å². The number of rotatable bonds is 4. The zero-order valence-electron chi connectivity index (χ0n) is 12.2. The molecular weight excluding hydrogens is 415 g/mol. The second kappa shape index (κ2) is 7.17. The molecule has 0 radical (unpaired) electrons. The van der Waals surface area contributed by atoms with E-state index in [9.17, 15) is 0 Å². The van der Waals surface area contributed by atoms with Gasteiger partial charge >= 0.3 is 0 Å². The third kappa shape index (κ3) is 4.02. The highest BCUT2D eigenvalue weighted by Gasteiger charge is 2.12. The number of benzene rings is 2. The van der Waals surface area contributed by atoms with Gasteiger partial charge in [-0.25, -0.2) is 0 Å². The van der Waals surface area contributed by atoms with E-state index < -0.39 is 0 Å². The van der Waals surface area contributed by atoms with E-state index in [1.54, 1.807) is 0 Å². The molecule has 2 aromatic carbocycles. The lowest BCUT2D eigenvalue weighted by atomic mass is 10.0. The van der Waals surface area contributed by atoms with Crippen LogP contribution in [0.25, 0.3) is 0 Å². The van der Waals surface area contributed by atoms with Crippen molar-refractivity contribution >= 4 is 43.5 Å². The highest BCUT2D eigenvalue weighted by Crippen LogP contribution is 2.35. The minimum absolute atomic E-state index is 0.362. The lowest BCUT2D eigenvalue weighted by molar-refractivity contribution is 0.473. The summed E-state index contributed by atoms with van der Waals surface area (Å²) in [5, 5.41) is 1.54. The van der Waals surface area contributed by atoms with Crippen LogP contribution >= 0.6 is 43.5 Å². The normalized spacial score (nSPS) is 11.0. The fourth-order valence-corrected chi connectivity index (χ4v) is 3.37. The van der Waals surface area contributed by atoms with Crippen molar-refractivity contribution in [1.82, 2.24) is 0 Å². The maximum absolute atomic E-state index is 6.31. The molecular formula is C17H17Br2ClO. The number of hydrogen-bond acceptors (Lipinski definition) is 1. The van der Waals surface area contributed by atoms with E-state index in [1.807, 2.05) is 31.2 Å². The molecule has 0 saturated carbocycles. The zero-order valence-corrected chi connectivity index (χ0v) is 16.1. The van der Waals surface area contributed by atoms with E-state index in [4.69, 9.17) is 16.3 Å². The minimum Gasteiger partial charge on any atom is -0.457 e. The van der Waals surface area contributed by atoms with Crippen LogP contribution in [0.3, 0.4) is 0 Å². The highest BCUT2D eigenvalue weighted by molar-refractivity contribution is 9.10. The zero-order chi connectivity index (χ0) is 15.6. The Hall–Kier alpha value is -0.510. The van der Waals surface area contributed by atoms with Gasteiger partial charge in [-0.05, 0) is 54.3 Å². The average molecular weight is 433 g/mol. The summed E-state index contributed by atoms with van der Waals surface area (Å²) in [6.45, 7) is 6.27. The first-order chi connectivity index (χ1) is 9.92. The second-order valence-corrected chi connectivity index (χ2v) is 7.17. The van der Waals surface area contributed by atoms with Gasteiger partial charge in [-0.3, -0.25) is 0 Å². The molecule has 0 atom stereocenters. The summed E-state index contributed by atoms with van der Waals surface area (Å²) in [7, 11) is 0. The molecule has 0 spiro atoms. The average Bonchev–Trinajstić information content (AvgIpc) is 2.42. The number of ether oxygens (including phenoxy) is 1. The summed E-state index contributed by atoms with van der Waals surface area (Å²) in [6, 6.07) is 10.0. The Kier molecular flexibility index (Phi) is 5.75. The molecule has 21 heavy (non-hydrogen) atoms. The van der Waals surface area contributed by atoms with Crippen molar-refractivity contribution < 1.29 is 4.74 Å². The first-order valence-electron chi connectivity index (χ1n) is 6.74. The standard InChI is InChI=1S/C17H17Br2ClO/c1-10(2)14-8-17(11(3)6-15(14)20)21-16-5-4-13(19)7-12(16)9-18/h4-8,10H,9H2,1-3H3. The third-order valence-electron chi connectivity index (χ3n) is 3.30. The van der Waals surface area contributed by atoms with Crippen LogP contribution in [0, 0.1) is 6.92 Å². The first-order valence-corrected chi connectivity index (χ1v) is 9.04. The summed E-state index contributed by atoms with van der Waals surface area (Å²) < 4.78 is 7.16. The van der Waals surface area contributed by atoms with E-state index in [1.165, 1.54) is 0 Å². The quantitative estimate of drug-likeness (QED) is 0.463. The molecule has 0 amide bonds. The Balaban J connectivity index is 2.42. The van der Waals surface area contributed by atoms with E-state index in [0.29, 0.717) is 5.92 Å². The molecule has 2 aromatic rings. The van der Waals surface area contributed by atoms with Crippen molar-refractivity contribution in [3.63, 3.8) is 0 Å². The molecule has 0 heterocycles. The van der Waals surface area contributed by atoms with Crippen LogP contribution in [0.2, 0.25) is 5.02 Å². The van der Waals surface area contributed by atoms with Gasteiger partial charge in [-0.2, -0.15) is 0 Å².